The van der Waals surface area contributed by atoms with E-state index in [4.69, 9.17) is 0 Å². The largest absolute Gasteiger partial charge is 0.451 e. The van der Waals surface area contributed by atoms with E-state index >= 15 is 0 Å². The highest BCUT2D eigenvalue weighted by Crippen LogP contribution is 2.31. The zero-order valence-electron chi connectivity index (χ0n) is 37.4. The Morgan fingerprint density at radius 2 is 0.843 bits per heavy atom. The number of alkyl halides is 6. The lowest BCUT2D eigenvalue weighted by atomic mass is 10.0. The predicted octanol–water partition coefficient (Wildman–Crippen LogP) is 7.26. The number of benzene rings is 2. The van der Waals surface area contributed by atoms with E-state index in [0.29, 0.717) is 62.8 Å². The molecule has 6 rings (SSSR count). The second kappa shape index (κ2) is 23.1. The van der Waals surface area contributed by atoms with Crippen LogP contribution in [-0.2, 0) is 70.6 Å². The number of hydrogen-bond acceptors (Lipinski definition) is 8. The molecule has 2 aromatic heterocycles. The molecule has 0 saturated heterocycles. The van der Waals surface area contributed by atoms with Crippen molar-refractivity contribution in [1.29, 1.82) is 0 Å². The van der Waals surface area contributed by atoms with Gasteiger partial charge in [-0.25, -0.2) is 26.3 Å². The number of carbonyl (C=O) groups is 4. The Bertz CT molecular complexity index is 2340. The summed E-state index contributed by atoms with van der Waals surface area (Å²) in [6.07, 6.45) is -6.71. The quantitative estimate of drug-likeness (QED) is 0.0502. The highest BCUT2D eigenvalue weighted by atomic mass is 19.4. The number of nitrogens with zero attached hydrogens (tertiary/aromatic N) is 8. The van der Waals surface area contributed by atoms with Gasteiger partial charge in [0.25, 0.3) is 0 Å². The summed E-state index contributed by atoms with van der Waals surface area (Å²) >= 11 is 0. The van der Waals surface area contributed by atoms with E-state index in [1.165, 1.54) is 0 Å². The number of nitrogens with one attached hydrogen (secondary N) is 2. The average Bonchev–Trinajstić information content (AvgIpc) is 3.93. The molecule has 0 radical (unpaired) electrons. The molecule has 2 aromatic carbocycles. The van der Waals surface area contributed by atoms with E-state index in [0.717, 1.165) is 31.8 Å². The van der Waals surface area contributed by atoms with Crippen LogP contribution in [0, 0.1) is 34.9 Å². The summed E-state index contributed by atoms with van der Waals surface area (Å²) in [5, 5.41) is 18.7. The molecular weight excluding hydrogens is 961 g/mol. The maximum Gasteiger partial charge on any atom is 0.451 e. The van der Waals surface area contributed by atoms with Crippen LogP contribution in [0.25, 0.3) is 0 Å². The third-order valence-electron chi connectivity index (χ3n) is 11.9. The number of unbranched alkanes of at least 4 members (excludes halogenated alkanes) is 7. The molecule has 70 heavy (non-hydrogen) atoms. The fourth-order valence-electron chi connectivity index (χ4n) is 8.35. The molecule has 0 spiro atoms. The molecule has 0 bridgehead atoms. The van der Waals surface area contributed by atoms with Crippen molar-refractivity contribution in [2.75, 3.05) is 13.1 Å². The lowest BCUT2D eigenvalue weighted by Crippen LogP contribution is -2.45. The van der Waals surface area contributed by atoms with Crippen molar-refractivity contribution in [3.8, 4) is 0 Å². The second-order valence-electron chi connectivity index (χ2n) is 17.2. The van der Waals surface area contributed by atoms with Crippen molar-refractivity contribution >= 4 is 23.6 Å². The number of fused-ring (bicyclic) bond motifs is 2. The van der Waals surface area contributed by atoms with Gasteiger partial charge in [-0.1, -0.05) is 38.5 Å². The van der Waals surface area contributed by atoms with E-state index < -0.39 is 134 Å². The summed E-state index contributed by atoms with van der Waals surface area (Å²) < 4.78 is 167. The summed E-state index contributed by atoms with van der Waals surface area (Å²) in [5.41, 5.74) is -0.664. The third-order valence-corrected chi connectivity index (χ3v) is 11.9. The third kappa shape index (κ3) is 14.2. The highest BCUT2D eigenvalue weighted by Gasteiger charge is 2.42. The first kappa shape index (κ1) is 53.1. The number of rotatable bonds is 21. The maximum atomic E-state index is 14.6. The zero-order chi connectivity index (χ0) is 50.9. The molecule has 2 aliphatic heterocycles. The van der Waals surface area contributed by atoms with Crippen LogP contribution in [0.1, 0.15) is 111 Å². The molecule has 4 amide bonds. The number of hydrogen-bond donors (Lipinski definition) is 2. The van der Waals surface area contributed by atoms with Gasteiger partial charge in [0.05, 0.1) is 0 Å². The van der Waals surface area contributed by atoms with Crippen molar-refractivity contribution in [3.05, 3.63) is 93.6 Å². The Balaban J connectivity index is 0.920. The molecule has 4 aromatic rings. The molecule has 4 heterocycles. The standard InChI is InChI=1S/C44H48F12N10O4/c45-29-21-33(49)31(47)17-25(29)15-27(19-39(69)63-13-11-35-59-61-41(43(51,52)53)65(35)23-63)57-37(67)9-7-5-3-1-2-4-6-8-10-38(68)58-28(16-26-18-32(48)34(50)22-30(26)46)20-40(70)64-14-12-36-60-62-42(44(54,55)56)66(36)24-64/h17-18,21-22,27-28H,1-16,19-20,23-24H2,(H,57,67)(H,58,68). The van der Waals surface area contributed by atoms with E-state index in [-0.39, 0.29) is 61.5 Å². The lowest BCUT2D eigenvalue weighted by molar-refractivity contribution is -0.151. The number of carbonyl (C=O) groups excluding carboxylic acids is 4. The molecule has 382 valence electrons. The van der Waals surface area contributed by atoms with Gasteiger partial charge in [-0.05, 0) is 48.9 Å². The minimum absolute atomic E-state index is 0.0157. The molecule has 0 saturated carbocycles. The Hall–Kier alpha value is -6.24. The van der Waals surface area contributed by atoms with Crippen LogP contribution in [0.5, 0.6) is 0 Å². The van der Waals surface area contributed by atoms with Crippen molar-refractivity contribution in [1.82, 2.24) is 50.0 Å². The predicted molar refractivity (Wildman–Crippen MR) is 220 cm³/mol. The Labute approximate surface area is 392 Å². The van der Waals surface area contributed by atoms with Gasteiger partial charge < -0.3 is 20.4 Å². The number of halogens is 12. The Morgan fingerprint density at radius 1 is 0.500 bits per heavy atom. The molecule has 2 atom stereocenters. The monoisotopic (exact) mass is 1010 g/mol. The normalized spacial score (nSPS) is 14.8. The first-order valence-corrected chi connectivity index (χ1v) is 22.5. The molecule has 0 aliphatic carbocycles. The van der Waals surface area contributed by atoms with Crippen LogP contribution in [0.3, 0.4) is 0 Å². The van der Waals surface area contributed by atoms with Crippen LogP contribution < -0.4 is 10.6 Å². The van der Waals surface area contributed by atoms with Gasteiger partial charge in [-0.15, -0.1) is 20.4 Å². The topological polar surface area (TPSA) is 160 Å². The Morgan fingerprint density at radius 3 is 1.20 bits per heavy atom. The molecule has 2 N–H and O–H groups in total. The minimum atomic E-state index is -4.84. The van der Waals surface area contributed by atoms with E-state index in [9.17, 15) is 71.9 Å². The summed E-state index contributed by atoms with van der Waals surface area (Å²) in [6, 6.07) is -0.410. The van der Waals surface area contributed by atoms with Crippen molar-refractivity contribution in [2.45, 2.75) is 141 Å². The van der Waals surface area contributed by atoms with Gasteiger partial charge in [0.1, 0.15) is 36.6 Å². The van der Waals surface area contributed by atoms with Crippen LogP contribution in [0.15, 0.2) is 24.3 Å². The maximum absolute atomic E-state index is 14.6. The summed E-state index contributed by atoms with van der Waals surface area (Å²) in [6.45, 7) is -1.09. The van der Waals surface area contributed by atoms with Crippen molar-refractivity contribution < 1.29 is 71.9 Å². The van der Waals surface area contributed by atoms with Gasteiger partial charge in [0, 0.05) is 75.8 Å². The lowest BCUT2D eigenvalue weighted by Gasteiger charge is -2.30. The fourth-order valence-corrected chi connectivity index (χ4v) is 8.35. The van der Waals surface area contributed by atoms with Crippen LogP contribution in [0.2, 0.25) is 0 Å². The van der Waals surface area contributed by atoms with Crippen molar-refractivity contribution in [3.63, 3.8) is 0 Å². The van der Waals surface area contributed by atoms with Crippen LogP contribution in [-0.4, -0.2) is 88.1 Å². The first-order valence-electron chi connectivity index (χ1n) is 22.5. The van der Waals surface area contributed by atoms with E-state index in [1.807, 2.05) is 0 Å². The number of amides is 4. The molecular formula is C44H48F12N10O4. The van der Waals surface area contributed by atoms with Gasteiger partial charge in [-0.2, -0.15) is 26.3 Å². The Kier molecular flexibility index (Phi) is 17.5. The minimum Gasteiger partial charge on any atom is -0.353 e. The summed E-state index contributed by atoms with van der Waals surface area (Å²) in [7, 11) is 0. The molecule has 14 nitrogen and oxygen atoms in total. The van der Waals surface area contributed by atoms with Gasteiger partial charge >= 0.3 is 12.4 Å². The zero-order valence-corrected chi connectivity index (χ0v) is 37.4. The summed E-state index contributed by atoms with van der Waals surface area (Å²) in [5.74, 6) is -12.8. The SMILES string of the molecule is O=C(CCCCCCCCCCC(=O)NC(CC(=O)N1CCc2nnc(C(F)(F)F)n2C1)Cc1cc(F)c(F)cc1F)NC(CC(=O)N1CCc2nnc(C(F)(F)F)n2C1)Cc1cc(F)c(F)cc1F. The van der Waals surface area contributed by atoms with Crippen LogP contribution >= 0.6 is 0 Å². The fraction of sp³-hybridized carbons (Fsp3) is 0.545. The number of aromatic nitrogens is 6. The molecule has 2 aliphatic rings. The first-order chi connectivity index (χ1) is 33.1. The molecule has 0 fully saturated rings. The smallest absolute Gasteiger partial charge is 0.353 e. The summed E-state index contributed by atoms with van der Waals surface area (Å²) in [4.78, 5) is 54.9. The highest BCUT2D eigenvalue weighted by molar-refractivity contribution is 5.80. The van der Waals surface area contributed by atoms with Crippen molar-refractivity contribution in [2.24, 2.45) is 0 Å². The van der Waals surface area contributed by atoms with Gasteiger partial charge in [-0.3, -0.25) is 28.3 Å². The van der Waals surface area contributed by atoms with Gasteiger partial charge in [0.15, 0.2) is 23.3 Å². The van der Waals surface area contributed by atoms with Crippen LogP contribution in [0.4, 0.5) is 52.7 Å². The van der Waals surface area contributed by atoms with Gasteiger partial charge in [0.2, 0.25) is 35.3 Å². The second-order valence-corrected chi connectivity index (χ2v) is 17.2. The van der Waals surface area contributed by atoms with E-state index in [1.54, 1.807) is 0 Å². The molecule has 2 unspecified atom stereocenters. The average molecular weight is 1010 g/mol. The van der Waals surface area contributed by atoms with E-state index in [2.05, 4.69) is 31.0 Å². The molecule has 26 heteroatoms.